The first-order valence-electron chi connectivity index (χ1n) is 6.85. The topological polar surface area (TPSA) is 15.3 Å². The summed E-state index contributed by atoms with van der Waals surface area (Å²) in [6.07, 6.45) is 7.11. The lowest BCUT2D eigenvalue weighted by atomic mass is 9.83. The number of nitrogens with zero attached hydrogens (tertiary/aromatic N) is 1. The molecule has 0 aliphatic heterocycles. The van der Waals surface area contributed by atoms with Crippen molar-refractivity contribution in [3.8, 4) is 0 Å². The zero-order chi connectivity index (χ0) is 12.2. The van der Waals surface area contributed by atoms with Crippen molar-refractivity contribution in [3.05, 3.63) is 0 Å². The summed E-state index contributed by atoms with van der Waals surface area (Å²) in [7, 11) is 4.37. The van der Waals surface area contributed by atoms with E-state index in [0.717, 1.165) is 6.04 Å². The number of hydrogen-bond donors (Lipinski definition) is 1. The Hall–Kier alpha value is -0.0800. The fraction of sp³-hybridized carbons (Fsp3) is 1.00. The molecule has 2 heteroatoms. The summed E-state index contributed by atoms with van der Waals surface area (Å²) in [5, 5.41) is 3.39. The molecule has 2 nitrogen and oxygen atoms in total. The fourth-order valence-electron chi connectivity index (χ4n) is 2.82. The molecule has 1 N–H and O–H groups in total. The lowest BCUT2D eigenvalue weighted by molar-refractivity contribution is 0.112. The van der Waals surface area contributed by atoms with E-state index < -0.39 is 0 Å². The summed E-state index contributed by atoms with van der Waals surface area (Å²) < 4.78 is 0. The van der Waals surface area contributed by atoms with Crippen molar-refractivity contribution in [3.63, 3.8) is 0 Å². The van der Waals surface area contributed by atoms with Gasteiger partial charge in [0, 0.05) is 18.6 Å². The van der Waals surface area contributed by atoms with Crippen LogP contribution in [-0.4, -0.2) is 37.6 Å². The van der Waals surface area contributed by atoms with Gasteiger partial charge < -0.3 is 10.2 Å². The van der Waals surface area contributed by atoms with E-state index in [1.807, 2.05) is 0 Å². The van der Waals surface area contributed by atoms with Gasteiger partial charge in [0.1, 0.15) is 0 Å². The highest BCUT2D eigenvalue weighted by atomic mass is 15.1. The second kappa shape index (κ2) is 6.02. The first-order chi connectivity index (χ1) is 7.47. The maximum Gasteiger partial charge on any atom is 0.00991 e. The third-order valence-electron chi connectivity index (χ3n) is 4.46. The number of nitrogens with one attached hydrogen (secondary N) is 1. The fourth-order valence-corrected chi connectivity index (χ4v) is 2.82. The van der Waals surface area contributed by atoms with E-state index in [1.54, 1.807) is 0 Å². The maximum atomic E-state index is 3.39. The largest absolute Gasteiger partial charge is 0.317 e. The van der Waals surface area contributed by atoms with Crippen molar-refractivity contribution in [2.24, 2.45) is 5.41 Å². The molecule has 0 radical (unpaired) electrons. The molecule has 1 atom stereocenters. The number of rotatable bonds is 5. The normalized spacial score (nSPS) is 21.4. The van der Waals surface area contributed by atoms with E-state index in [0.29, 0.717) is 11.5 Å². The lowest BCUT2D eigenvalue weighted by Crippen LogP contribution is -2.47. The Bertz CT molecular complexity index is 195. The highest BCUT2D eigenvalue weighted by Gasteiger charge is 2.29. The summed E-state index contributed by atoms with van der Waals surface area (Å²) in [5.41, 5.74) is 0.348. The summed E-state index contributed by atoms with van der Waals surface area (Å²) >= 11 is 0. The van der Waals surface area contributed by atoms with Crippen molar-refractivity contribution in [1.82, 2.24) is 10.2 Å². The molecular weight excluding hydrogens is 196 g/mol. The van der Waals surface area contributed by atoms with Crippen LogP contribution in [0.15, 0.2) is 0 Å². The Morgan fingerprint density at radius 1 is 1.25 bits per heavy atom. The highest BCUT2D eigenvalue weighted by Crippen LogP contribution is 2.27. The van der Waals surface area contributed by atoms with Crippen molar-refractivity contribution in [2.75, 3.05) is 20.6 Å². The molecule has 0 saturated heterocycles. The smallest absolute Gasteiger partial charge is 0.00991 e. The minimum Gasteiger partial charge on any atom is -0.317 e. The molecule has 1 aliphatic carbocycles. The van der Waals surface area contributed by atoms with Crippen LogP contribution in [0.2, 0.25) is 0 Å². The molecular formula is C14H30N2. The minimum absolute atomic E-state index is 0.348. The van der Waals surface area contributed by atoms with Gasteiger partial charge in [-0.2, -0.15) is 0 Å². The Morgan fingerprint density at radius 3 is 2.31 bits per heavy atom. The predicted molar refractivity (Wildman–Crippen MR) is 71.8 cm³/mol. The van der Waals surface area contributed by atoms with Gasteiger partial charge in [0.2, 0.25) is 0 Å². The summed E-state index contributed by atoms with van der Waals surface area (Å²) in [4.78, 5) is 2.59. The second-order valence-corrected chi connectivity index (χ2v) is 6.21. The predicted octanol–water partition coefficient (Wildman–Crippen LogP) is 2.89. The molecule has 1 fully saturated rings. The molecule has 1 unspecified atom stereocenters. The van der Waals surface area contributed by atoms with Crippen molar-refractivity contribution in [2.45, 2.75) is 65.0 Å². The lowest BCUT2D eigenvalue weighted by Gasteiger charge is -2.40. The van der Waals surface area contributed by atoms with E-state index in [-0.39, 0.29) is 0 Å². The number of hydrogen-bond acceptors (Lipinski definition) is 2. The van der Waals surface area contributed by atoms with Crippen LogP contribution in [0.25, 0.3) is 0 Å². The van der Waals surface area contributed by atoms with Crippen LogP contribution in [-0.2, 0) is 0 Å². The van der Waals surface area contributed by atoms with Crippen molar-refractivity contribution in [1.29, 1.82) is 0 Å². The zero-order valence-corrected chi connectivity index (χ0v) is 11.8. The van der Waals surface area contributed by atoms with E-state index in [9.17, 15) is 0 Å². The summed E-state index contributed by atoms with van der Waals surface area (Å²) in [5.74, 6) is 0. The molecule has 1 saturated carbocycles. The van der Waals surface area contributed by atoms with E-state index in [4.69, 9.17) is 0 Å². The minimum atomic E-state index is 0.348. The van der Waals surface area contributed by atoms with E-state index >= 15 is 0 Å². The van der Waals surface area contributed by atoms with Gasteiger partial charge in [0.15, 0.2) is 0 Å². The molecule has 0 bridgehead atoms. The molecule has 1 aliphatic rings. The first kappa shape index (κ1) is 14.0. The SMILES string of the molecule is CNC(C)C(C)(C)CN(C)C1CCCCC1. The molecule has 0 aromatic heterocycles. The van der Waals surface area contributed by atoms with Crippen molar-refractivity contribution < 1.29 is 0 Å². The molecule has 0 spiro atoms. The molecule has 1 rings (SSSR count). The van der Waals surface area contributed by atoms with Crippen LogP contribution in [0.3, 0.4) is 0 Å². The van der Waals surface area contributed by atoms with Gasteiger partial charge in [0.05, 0.1) is 0 Å². The monoisotopic (exact) mass is 226 g/mol. The van der Waals surface area contributed by atoms with Crippen LogP contribution in [0.1, 0.15) is 52.9 Å². The van der Waals surface area contributed by atoms with Gasteiger partial charge in [-0.3, -0.25) is 0 Å². The van der Waals surface area contributed by atoms with Gasteiger partial charge in [0.25, 0.3) is 0 Å². The molecule has 0 aromatic rings. The molecule has 0 amide bonds. The summed E-state index contributed by atoms with van der Waals surface area (Å²) in [6.45, 7) is 8.22. The molecule has 96 valence electrons. The maximum absolute atomic E-state index is 3.39. The van der Waals surface area contributed by atoms with Crippen molar-refractivity contribution >= 4 is 0 Å². The van der Waals surface area contributed by atoms with Gasteiger partial charge >= 0.3 is 0 Å². The highest BCUT2D eigenvalue weighted by molar-refractivity contribution is 4.85. The van der Waals surface area contributed by atoms with Gasteiger partial charge in [-0.1, -0.05) is 33.1 Å². The summed E-state index contributed by atoms with van der Waals surface area (Å²) in [6, 6.07) is 1.40. The van der Waals surface area contributed by atoms with Crippen LogP contribution in [0.5, 0.6) is 0 Å². The van der Waals surface area contributed by atoms with Crippen LogP contribution in [0, 0.1) is 5.41 Å². The van der Waals surface area contributed by atoms with Gasteiger partial charge in [-0.25, -0.2) is 0 Å². The zero-order valence-electron chi connectivity index (χ0n) is 11.8. The first-order valence-corrected chi connectivity index (χ1v) is 6.85. The Kier molecular flexibility index (Phi) is 5.26. The Morgan fingerprint density at radius 2 is 1.81 bits per heavy atom. The van der Waals surface area contributed by atoms with Gasteiger partial charge in [-0.05, 0) is 39.3 Å². The average molecular weight is 226 g/mol. The van der Waals surface area contributed by atoms with Gasteiger partial charge in [-0.15, -0.1) is 0 Å². The third kappa shape index (κ3) is 3.74. The second-order valence-electron chi connectivity index (χ2n) is 6.21. The average Bonchev–Trinajstić information content (AvgIpc) is 2.28. The van der Waals surface area contributed by atoms with Crippen LogP contribution >= 0.6 is 0 Å². The van der Waals surface area contributed by atoms with Crippen LogP contribution < -0.4 is 5.32 Å². The Balaban J connectivity index is 2.45. The third-order valence-corrected chi connectivity index (χ3v) is 4.46. The standard InChI is InChI=1S/C14H30N2/c1-12(15-4)14(2,3)11-16(5)13-9-7-6-8-10-13/h12-13,15H,6-11H2,1-5H3. The Labute approximate surface area is 102 Å². The molecule has 16 heavy (non-hydrogen) atoms. The quantitative estimate of drug-likeness (QED) is 0.775. The van der Waals surface area contributed by atoms with E-state index in [2.05, 4.69) is 45.1 Å². The molecule has 0 heterocycles. The molecule has 0 aromatic carbocycles. The van der Waals surface area contributed by atoms with Crippen LogP contribution in [0.4, 0.5) is 0 Å². The van der Waals surface area contributed by atoms with E-state index in [1.165, 1.54) is 38.6 Å².